The molecule has 0 saturated carbocycles. The van der Waals surface area contributed by atoms with E-state index in [1.54, 1.807) is 29.8 Å². The smallest absolute Gasteiger partial charge is 0.307 e. The normalized spacial score (nSPS) is 21.7. The maximum absolute atomic E-state index is 12.4. The van der Waals surface area contributed by atoms with Crippen LogP contribution in [0.5, 0.6) is 0 Å². The molecule has 1 aliphatic heterocycles. The summed E-state index contributed by atoms with van der Waals surface area (Å²) in [6.07, 6.45) is 5.12. The fourth-order valence-electron chi connectivity index (χ4n) is 3.74. The molecule has 2 heterocycles. The van der Waals surface area contributed by atoms with E-state index in [4.69, 9.17) is 0 Å². The van der Waals surface area contributed by atoms with Crippen molar-refractivity contribution in [3.63, 3.8) is 0 Å². The molecule has 3 amide bonds. The van der Waals surface area contributed by atoms with Crippen molar-refractivity contribution in [3.05, 3.63) is 40.0 Å². The topological polar surface area (TPSA) is 88.5 Å². The quantitative estimate of drug-likeness (QED) is 0.643. The number of benzene rings is 1. The number of imide groups is 1. The summed E-state index contributed by atoms with van der Waals surface area (Å²) in [6, 6.07) is 5.28. The van der Waals surface area contributed by atoms with Gasteiger partial charge in [0.1, 0.15) is 0 Å². The van der Waals surface area contributed by atoms with Gasteiger partial charge in [-0.25, -0.2) is 0 Å². The highest BCUT2D eigenvalue weighted by Gasteiger charge is 2.46. The zero-order valence-corrected chi connectivity index (χ0v) is 15.6. The molecule has 0 bridgehead atoms. The van der Waals surface area contributed by atoms with Crippen LogP contribution in [-0.4, -0.2) is 33.7 Å². The average molecular weight is 385 g/mol. The van der Waals surface area contributed by atoms with Crippen molar-refractivity contribution in [2.24, 2.45) is 18.9 Å². The number of hydrogen-bond donors (Lipinski definition) is 1. The van der Waals surface area contributed by atoms with Crippen molar-refractivity contribution in [2.75, 3.05) is 11.9 Å². The molecule has 1 fully saturated rings. The fraction of sp³-hybridized carbons (Fsp3) is 0.368. The Morgan fingerprint density at radius 1 is 1.15 bits per heavy atom. The van der Waals surface area contributed by atoms with Crippen molar-refractivity contribution in [3.8, 4) is 0 Å². The van der Waals surface area contributed by atoms with Gasteiger partial charge in [-0.15, -0.1) is 0 Å². The van der Waals surface area contributed by atoms with Gasteiger partial charge in [0.25, 0.3) is 0 Å². The molecular weight excluding hydrogens is 366 g/mol. The van der Waals surface area contributed by atoms with Crippen LogP contribution < -0.4 is 10.2 Å². The van der Waals surface area contributed by atoms with Crippen LogP contribution in [0.3, 0.4) is 0 Å². The molecule has 0 radical (unpaired) electrons. The molecule has 140 valence electrons. The Kier molecular flexibility index (Phi) is 4.43. The van der Waals surface area contributed by atoms with E-state index in [1.165, 1.54) is 4.90 Å². The number of aromatic nitrogens is 1. The molecule has 27 heavy (non-hydrogen) atoms. The second-order valence-electron chi connectivity index (χ2n) is 6.89. The van der Waals surface area contributed by atoms with Gasteiger partial charge in [-0.1, -0.05) is 23.5 Å². The summed E-state index contributed by atoms with van der Waals surface area (Å²) in [5.41, 5.74) is 1.40. The Morgan fingerprint density at radius 3 is 2.48 bits per heavy atom. The van der Waals surface area contributed by atoms with Crippen LogP contribution in [0.4, 0.5) is 5.69 Å². The van der Waals surface area contributed by atoms with Crippen LogP contribution in [0.1, 0.15) is 19.3 Å². The van der Waals surface area contributed by atoms with Gasteiger partial charge in [0.2, 0.25) is 17.7 Å². The highest BCUT2D eigenvalue weighted by molar-refractivity contribution is 7.16. The Balaban J connectivity index is 1.39. The number of hydrogen-bond acceptors (Lipinski definition) is 5. The van der Waals surface area contributed by atoms with Crippen LogP contribution in [0.15, 0.2) is 35.1 Å². The van der Waals surface area contributed by atoms with Crippen molar-refractivity contribution in [2.45, 2.75) is 19.3 Å². The van der Waals surface area contributed by atoms with Crippen LogP contribution in [0, 0.1) is 11.8 Å². The van der Waals surface area contributed by atoms with Gasteiger partial charge in [-0.05, 0) is 31.0 Å². The van der Waals surface area contributed by atoms with Crippen molar-refractivity contribution >= 4 is 45.0 Å². The van der Waals surface area contributed by atoms with E-state index in [1.807, 2.05) is 12.2 Å². The van der Waals surface area contributed by atoms with E-state index >= 15 is 0 Å². The summed E-state index contributed by atoms with van der Waals surface area (Å²) < 4.78 is 2.35. The predicted molar refractivity (Wildman–Crippen MR) is 102 cm³/mol. The van der Waals surface area contributed by atoms with E-state index in [0.717, 1.165) is 21.6 Å². The summed E-state index contributed by atoms with van der Waals surface area (Å²) in [7, 11) is 1.70. The monoisotopic (exact) mass is 385 g/mol. The molecule has 2 aliphatic rings. The summed E-state index contributed by atoms with van der Waals surface area (Å²) >= 11 is 1.12. The Morgan fingerprint density at radius 2 is 1.81 bits per heavy atom. The van der Waals surface area contributed by atoms with Crippen molar-refractivity contribution in [1.82, 2.24) is 9.47 Å². The third-order valence-electron chi connectivity index (χ3n) is 5.24. The summed E-state index contributed by atoms with van der Waals surface area (Å²) in [4.78, 5) is 50.0. The number of thiazole rings is 1. The van der Waals surface area contributed by atoms with Crippen LogP contribution >= 0.6 is 11.3 Å². The second kappa shape index (κ2) is 6.77. The van der Waals surface area contributed by atoms with Crippen LogP contribution in [-0.2, 0) is 21.4 Å². The highest BCUT2D eigenvalue weighted by Crippen LogP contribution is 2.35. The summed E-state index contributed by atoms with van der Waals surface area (Å²) in [5.74, 6) is -1.15. The molecule has 2 aromatic rings. The fourth-order valence-corrected chi connectivity index (χ4v) is 4.66. The predicted octanol–water partition coefficient (Wildman–Crippen LogP) is 1.88. The first kappa shape index (κ1) is 17.7. The number of nitrogens with one attached hydrogen (secondary N) is 1. The number of anilines is 1. The number of allylic oxidation sites excluding steroid dienone is 2. The number of rotatable bonds is 4. The van der Waals surface area contributed by atoms with Gasteiger partial charge < -0.3 is 9.88 Å². The molecule has 0 unspecified atom stereocenters. The van der Waals surface area contributed by atoms with E-state index in [-0.39, 0.29) is 47.4 Å². The van der Waals surface area contributed by atoms with Crippen molar-refractivity contribution in [1.29, 1.82) is 0 Å². The minimum Gasteiger partial charge on any atom is -0.326 e. The van der Waals surface area contributed by atoms with Gasteiger partial charge in [-0.2, -0.15) is 0 Å². The number of likely N-dealkylation sites (tertiary alicyclic amines) is 1. The lowest BCUT2D eigenvalue weighted by Crippen LogP contribution is -2.34. The number of amides is 3. The molecule has 1 saturated heterocycles. The molecule has 1 N–H and O–H groups in total. The SMILES string of the molecule is Cn1c(=O)sc2cc(NC(=O)CCN3C(=O)[C@H]4CC=CC[C@H]4C3=O)ccc21. The zero-order chi connectivity index (χ0) is 19.1. The first-order valence-corrected chi connectivity index (χ1v) is 9.67. The van der Waals surface area contributed by atoms with Gasteiger partial charge in [0.15, 0.2) is 0 Å². The lowest BCUT2D eigenvalue weighted by atomic mass is 9.85. The van der Waals surface area contributed by atoms with E-state index < -0.39 is 0 Å². The Labute approximate surface area is 159 Å². The van der Waals surface area contributed by atoms with Gasteiger partial charge in [0, 0.05) is 25.7 Å². The molecule has 4 rings (SSSR count). The largest absolute Gasteiger partial charge is 0.326 e. The lowest BCUT2D eigenvalue weighted by Gasteiger charge is -2.14. The molecule has 1 aliphatic carbocycles. The number of carbonyl (C=O) groups excluding carboxylic acids is 3. The molecule has 8 heteroatoms. The molecule has 1 aromatic heterocycles. The van der Waals surface area contributed by atoms with E-state index in [9.17, 15) is 19.2 Å². The third kappa shape index (κ3) is 3.10. The number of fused-ring (bicyclic) bond motifs is 2. The minimum absolute atomic E-state index is 0.0490. The standard InChI is InChI=1S/C19H19N3O4S/c1-21-14-7-6-11(10-15(14)27-19(21)26)20-16(23)8-9-22-17(24)12-4-2-3-5-13(12)18(22)25/h2-3,6-7,10,12-13H,4-5,8-9H2,1H3,(H,20,23)/t12-,13+. The average Bonchev–Trinajstić information content (AvgIpc) is 3.07. The molecule has 2 atom stereocenters. The van der Waals surface area contributed by atoms with Crippen LogP contribution in [0.2, 0.25) is 0 Å². The second-order valence-corrected chi connectivity index (χ2v) is 7.88. The molecular formula is C19H19N3O4S. The maximum atomic E-state index is 12.4. The van der Waals surface area contributed by atoms with Crippen molar-refractivity contribution < 1.29 is 14.4 Å². The van der Waals surface area contributed by atoms with Crippen LogP contribution in [0.25, 0.3) is 10.2 Å². The summed E-state index contributed by atoms with van der Waals surface area (Å²) in [5, 5.41) is 2.77. The van der Waals surface area contributed by atoms with E-state index in [2.05, 4.69) is 5.32 Å². The maximum Gasteiger partial charge on any atom is 0.307 e. The minimum atomic E-state index is -0.272. The lowest BCUT2D eigenvalue weighted by molar-refractivity contribution is -0.140. The molecule has 7 nitrogen and oxygen atoms in total. The number of nitrogens with zero attached hydrogens (tertiary/aromatic N) is 2. The third-order valence-corrected chi connectivity index (χ3v) is 6.23. The summed E-state index contributed by atoms with van der Waals surface area (Å²) in [6.45, 7) is 0.0947. The number of carbonyl (C=O) groups is 3. The van der Waals surface area contributed by atoms with Gasteiger partial charge in [-0.3, -0.25) is 24.1 Å². The zero-order valence-electron chi connectivity index (χ0n) is 14.8. The molecule has 1 aromatic carbocycles. The van der Waals surface area contributed by atoms with Gasteiger partial charge >= 0.3 is 4.87 Å². The van der Waals surface area contributed by atoms with Gasteiger partial charge in [0.05, 0.1) is 22.1 Å². The molecule has 0 spiro atoms. The Hall–Kier alpha value is -2.74. The first-order valence-electron chi connectivity index (χ1n) is 8.85. The number of aryl methyl sites for hydroxylation is 1. The Bertz CT molecular complexity index is 1010. The van der Waals surface area contributed by atoms with E-state index in [0.29, 0.717) is 18.5 Å². The first-order chi connectivity index (χ1) is 13.0. The highest BCUT2D eigenvalue weighted by atomic mass is 32.1.